The van der Waals surface area contributed by atoms with E-state index in [1.165, 1.54) is 12.8 Å². The number of rotatable bonds is 3. The van der Waals surface area contributed by atoms with E-state index in [-0.39, 0.29) is 5.91 Å². The lowest BCUT2D eigenvalue weighted by Crippen LogP contribution is -2.47. The van der Waals surface area contributed by atoms with Crippen molar-refractivity contribution in [2.75, 3.05) is 20.1 Å². The molecule has 6 heteroatoms. The fourth-order valence-corrected chi connectivity index (χ4v) is 4.60. The van der Waals surface area contributed by atoms with Crippen molar-refractivity contribution in [3.63, 3.8) is 0 Å². The molecule has 2 aliphatic rings. The van der Waals surface area contributed by atoms with Crippen molar-refractivity contribution in [2.45, 2.75) is 37.8 Å². The standard InChI is InChI=1S/C17H21N3O2S/c1-19-8-2-5-13(19)14-6-3-9-20(14)17(21)12-11-15(22-18-12)16-7-4-10-23-16/h4,7,10-11,13-14H,2-3,5-6,8-9H2,1H3/t13-,14+/m0/s1. The van der Waals surface area contributed by atoms with Crippen LogP contribution in [-0.4, -0.2) is 53.1 Å². The fourth-order valence-electron chi connectivity index (χ4n) is 3.92. The van der Waals surface area contributed by atoms with Crippen molar-refractivity contribution in [3.05, 3.63) is 29.3 Å². The van der Waals surface area contributed by atoms with Crippen LogP contribution in [-0.2, 0) is 0 Å². The highest BCUT2D eigenvalue weighted by Crippen LogP contribution is 2.31. The van der Waals surface area contributed by atoms with E-state index in [0.717, 1.165) is 30.8 Å². The zero-order chi connectivity index (χ0) is 15.8. The molecule has 0 aliphatic carbocycles. The minimum atomic E-state index is 0.0133. The molecule has 0 saturated carbocycles. The molecule has 4 rings (SSSR count). The van der Waals surface area contributed by atoms with Gasteiger partial charge in [0.15, 0.2) is 11.5 Å². The highest BCUT2D eigenvalue weighted by molar-refractivity contribution is 7.13. The Labute approximate surface area is 139 Å². The van der Waals surface area contributed by atoms with Crippen molar-refractivity contribution >= 4 is 17.2 Å². The number of nitrogens with zero attached hydrogens (tertiary/aromatic N) is 3. The predicted octanol–water partition coefficient (Wildman–Crippen LogP) is 3.10. The van der Waals surface area contributed by atoms with Crippen LogP contribution in [0.1, 0.15) is 36.2 Å². The minimum Gasteiger partial charge on any atom is -0.355 e. The van der Waals surface area contributed by atoms with Crippen LogP contribution in [0, 0.1) is 0 Å². The molecule has 1 amide bonds. The molecule has 2 aromatic rings. The average molecular weight is 331 g/mol. The third-order valence-corrected chi connectivity index (χ3v) is 5.96. The molecule has 0 unspecified atom stereocenters. The average Bonchev–Trinajstić information content (AvgIpc) is 3.31. The number of carbonyl (C=O) groups is 1. The van der Waals surface area contributed by atoms with Crippen molar-refractivity contribution in [1.82, 2.24) is 15.0 Å². The Morgan fingerprint density at radius 2 is 2.13 bits per heavy atom. The summed E-state index contributed by atoms with van der Waals surface area (Å²) in [6.45, 7) is 1.96. The summed E-state index contributed by atoms with van der Waals surface area (Å²) in [4.78, 5) is 18.3. The summed E-state index contributed by atoms with van der Waals surface area (Å²) >= 11 is 1.59. The summed E-state index contributed by atoms with van der Waals surface area (Å²) in [5, 5.41) is 6.02. The lowest BCUT2D eigenvalue weighted by molar-refractivity contribution is 0.0654. The van der Waals surface area contributed by atoms with Crippen LogP contribution >= 0.6 is 11.3 Å². The van der Waals surface area contributed by atoms with Crippen molar-refractivity contribution < 1.29 is 9.32 Å². The minimum absolute atomic E-state index is 0.0133. The Balaban J connectivity index is 1.54. The van der Waals surface area contributed by atoms with Crippen LogP contribution in [0.5, 0.6) is 0 Å². The van der Waals surface area contributed by atoms with Crippen molar-refractivity contribution in [2.24, 2.45) is 0 Å². The summed E-state index contributed by atoms with van der Waals surface area (Å²) in [6.07, 6.45) is 4.59. The van der Waals surface area contributed by atoms with Gasteiger partial charge in [0, 0.05) is 24.7 Å². The van der Waals surface area contributed by atoms with Gasteiger partial charge in [0.25, 0.3) is 5.91 Å². The van der Waals surface area contributed by atoms with Crippen LogP contribution in [0.3, 0.4) is 0 Å². The molecule has 4 heterocycles. The van der Waals surface area contributed by atoms with E-state index in [1.807, 2.05) is 22.4 Å². The second-order valence-electron chi connectivity index (χ2n) is 6.45. The largest absolute Gasteiger partial charge is 0.355 e. The monoisotopic (exact) mass is 331 g/mol. The van der Waals surface area contributed by atoms with E-state index < -0.39 is 0 Å². The van der Waals surface area contributed by atoms with Crippen molar-refractivity contribution in [3.8, 4) is 10.6 Å². The maximum absolute atomic E-state index is 12.9. The lowest BCUT2D eigenvalue weighted by Gasteiger charge is -2.32. The molecule has 2 fully saturated rings. The van der Waals surface area contributed by atoms with Crippen LogP contribution < -0.4 is 0 Å². The number of hydrogen-bond donors (Lipinski definition) is 0. The topological polar surface area (TPSA) is 49.6 Å². The molecule has 5 nitrogen and oxygen atoms in total. The van der Waals surface area contributed by atoms with Crippen LogP contribution in [0.2, 0.25) is 0 Å². The van der Waals surface area contributed by atoms with Crippen molar-refractivity contribution in [1.29, 1.82) is 0 Å². The lowest BCUT2D eigenvalue weighted by atomic mass is 10.0. The van der Waals surface area contributed by atoms with E-state index in [9.17, 15) is 4.79 Å². The van der Waals surface area contributed by atoms with Gasteiger partial charge in [-0.25, -0.2) is 0 Å². The highest BCUT2D eigenvalue weighted by atomic mass is 32.1. The van der Waals surface area contributed by atoms with Crippen LogP contribution in [0.4, 0.5) is 0 Å². The normalized spacial score (nSPS) is 25.3. The summed E-state index contributed by atoms with van der Waals surface area (Å²) in [7, 11) is 2.17. The van der Waals surface area contributed by atoms with Gasteiger partial charge in [-0.15, -0.1) is 11.3 Å². The SMILES string of the molecule is CN1CCC[C@H]1[C@H]1CCCN1C(=O)c1cc(-c2cccs2)on1. The van der Waals surface area contributed by atoms with Gasteiger partial charge >= 0.3 is 0 Å². The van der Waals surface area contributed by atoms with Gasteiger partial charge in [-0.2, -0.15) is 0 Å². The Hall–Kier alpha value is -1.66. The second-order valence-corrected chi connectivity index (χ2v) is 7.40. The molecule has 0 spiro atoms. The number of likely N-dealkylation sites (tertiary alicyclic amines) is 2. The molecule has 0 radical (unpaired) electrons. The van der Waals surface area contributed by atoms with Crippen LogP contribution in [0.25, 0.3) is 10.6 Å². The number of amides is 1. The second kappa shape index (κ2) is 6.09. The molecular weight excluding hydrogens is 310 g/mol. The van der Waals surface area contributed by atoms with Gasteiger partial charge in [-0.1, -0.05) is 11.2 Å². The first kappa shape index (κ1) is 14.9. The van der Waals surface area contributed by atoms with E-state index >= 15 is 0 Å². The maximum Gasteiger partial charge on any atom is 0.276 e. The fraction of sp³-hybridized carbons (Fsp3) is 0.529. The Morgan fingerprint density at radius 1 is 1.30 bits per heavy atom. The Kier molecular flexibility index (Phi) is 3.95. The van der Waals surface area contributed by atoms with E-state index in [0.29, 0.717) is 23.5 Å². The predicted molar refractivity (Wildman–Crippen MR) is 89.5 cm³/mol. The van der Waals surface area contributed by atoms with E-state index in [2.05, 4.69) is 17.1 Å². The summed E-state index contributed by atoms with van der Waals surface area (Å²) < 4.78 is 5.37. The van der Waals surface area contributed by atoms with E-state index in [4.69, 9.17) is 4.52 Å². The number of aromatic nitrogens is 1. The third-order valence-electron chi connectivity index (χ3n) is 5.07. The van der Waals surface area contributed by atoms with Gasteiger partial charge in [-0.05, 0) is 50.7 Å². The van der Waals surface area contributed by atoms with E-state index in [1.54, 1.807) is 17.4 Å². The number of hydrogen-bond acceptors (Lipinski definition) is 5. The first-order valence-electron chi connectivity index (χ1n) is 8.26. The number of likely N-dealkylation sites (N-methyl/N-ethyl adjacent to an activating group) is 1. The Morgan fingerprint density at radius 3 is 2.87 bits per heavy atom. The Bertz CT molecular complexity index is 682. The maximum atomic E-state index is 12.9. The molecule has 2 aromatic heterocycles. The quantitative estimate of drug-likeness (QED) is 0.867. The first-order chi connectivity index (χ1) is 11.2. The molecule has 2 atom stereocenters. The highest BCUT2D eigenvalue weighted by Gasteiger charge is 2.39. The summed E-state index contributed by atoms with van der Waals surface area (Å²) in [6, 6.07) is 6.53. The smallest absolute Gasteiger partial charge is 0.276 e. The number of carbonyl (C=O) groups excluding carboxylic acids is 1. The molecule has 2 aliphatic heterocycles. The molecule has 0 bridgehead atoms. The molecular formula is C17H21N3O2S. The summed E-state index contributed by atoms with van der Waals surface area (Å²) in [5.74, 6) is 0.691. The zero-order valence-electron chi connectivity index (χ0n) is 13.3. The third kappa shape index (κ3) is 2.70. The van der Waals surface area contributed by atoms with Gasteiger partial charge in [0.1, 0.15) is 0 Å². The van der Waals surface area contributed by atoms with Gasteiger partial charge < -0.3 is 14.3 Å². The van der Waals surface area contributed by atoms with Gasteiger partial charge in [0.05, 0.1) is 4.88 Å². The number of thiophene rings is 1. The molecule has 122 valence electrons. The zero-order valence-corrected chi connectivity index (χ0v) is 14.1. The van der Waals surface area contributed by atoms with Gasteiger partial charge in [0.2, 0.25) is 0 Å². The summed E-state index contributed by atoms with van der Waals surface area (Å²) in [5.41, 5.74) is 0.431. The molecule has 23 heavy (non-hydrogen) atoms. The van der Waals surface area contributed by atoms with Gasteiger partial charge in [-0.3, -0.25) is 4.79 Å². The molecule has 0 N–H and O–H groups in total. The molecule has 2 saturated heterocycles. The first-order valence-corrected chi connectivity index (χ1v) is 9.14. The molecule has 0 aromatic carbocycles. The van der Waals surface area contributed by atoms with Crippen LogP contribution in [0.15, 0.2) is 28.1 Å².